The molecule has 0 aliphatic carbocycles. The van der Waals surface area contributed by atoms with Gasteiger partial charge in [-0.15, -0.1) is 0 Å². The van der Waals surface area contributed by atoms with E-state index >= 15 is 0 Å². The van der Waals surface area contributed by atoms with Gasteiger partial charge in [-0.05, 0) is 18.8 Å². The Balaban J connectivity index is -0.000000605. The third kappa shape index (κ3) is 9.01. The molecule has 0 aromatic carbocycles. The van der Waals surface area contributed by atoms with Crippen LogP contribution in [0.4, 0.5) is 0 Å². The zero-order valence-corrected chi connectivity index (χ0v) is 11.6. The van der Waals surface area contributed by atoms with Crippen molar-refractivity contribution in [2.24, 2.45) is 5.92 Å². The van der Waals surface area contributed by atoms with E-state index in [1.165, 1.54) is 0 Å². The van der Waals surface area contributed by atoms with Gasteiger partial charge in [-0.3, -0.25) is 0 Å². The Kier molecular flexibility index (Phi) is 13.4. The van der Waals surface area contributed by atoms with Crippen molar-refractivity contribution < 1.29 is 36.1 Å². The van der Waals surface area contributed by atoms with Crippen LogP contribution in [-0.2, 0) is 0 Å². The number of hydrogen-bond donors (Lipinski definition) is 1. The minimum Gasteiger partial charge on any atom is -1.00 e. The number of unbranched alkanes of at least 4 members (excludes halogenated alkanes) is 1. The minimum atomic E-state index is -0.239. The van der Waals surface area contributed by atoms with Crippen molar-refractivity contribution in [2.75, 3.05) is 0 Å². The minimum absolute atomic E-state index is 0. The summed E-state index contributed by atoms with van der Waals surface area (Å²) in [5, 5.41) is 9.59. The van der Waals surface area contributed by atoms with E-state index < -0.39 is 0 Å². The van der Waals surface area contributed by atoms with Crippen LogP contribution in [0.1, 0.15) is 47.9 Å². The molecule has 2 heteroatoms. The number of allylic oxidation sites excluding steroid dienone is 1. The molecule has 0 aromatic rings. The monoisotopic (exact) mass is 194 g/mol. The van der Waals surface area contributed by atoms with E-state index in [2.05, 4.69) is 26.8 Å². The summed E-state index contributed by atoms with van der Waals surface area (Å²) in [6, 6.07) is 0. The van der Waals surface area contributed by atoms with Crippen molar-refractivity contribution in [1.82, 2.24) is 0 Å². The molecule has 0 saturated heterocycles. The number of aliphatic hydroxyl groups is 1. The first-order valence-corrected chi connectivity index (χ1v) is 5.07. The fourth-order valence-electron chi connectivity index (χ4n) is 1.22. The van der Waals surface area contributed by atoms with Crippen LogP contribution in [0.2, 0.25) is 0 Å². The Morgan fingerprint density at radius 2 is 1.92 bits per heavy atom. The zero-order chi connectivity index (χ0) is 9.40. The molecule has 0 radical (unpaired) electrons. The van der Waals surface area contributed by atoms with Gasteiger partial charge in [0.1, 0.15) is 0 Å². The van der Waals surface area contributed by atoms with E-state index in [-0.39, 0.29) is 37.1 Å². The van der Waals surface area contributed by atoms with Crippen LogP contribution in [0.25, 0.3) is 0 Å². The van der Waals surface area contributed by atoms with E-state index in [1.54, 1.807) is 0 Å². The second-order valence-electron chi connectivity index (χ2n) is 3.47. The van der Waals surface area contributed by atoms with Gasteiger partial charge in [0.25, 0.3) is 0 Å². The van der Waals surface area contributed by atoms with E-state index in [1.807, 2.05) is 6.08 Å². The molecule has 0 amide bonds. The average Bonchev–Trinajstić information content (AvgIpc) is 2.05. The molecule has 2 atom stereocenters. The van der Waals surface area contributed by atoms with Gasteiger partial charge >= 0.3 is 29.6 Å². The Hall–Kier alpha value is 0.700. The van der Waals surface area contributed by atoms with Crippen molar-refractivity contribution in [3.8, 4) is 0 Å². The first-order valence-electron chi connectivity index (χ1n) is 5.07. The average molecular weight is 194 g/mol. The molecular weight excluding hydrogens is 171 g/mol. The van der Waals surface area contributed by atoms with Crippen LogP contribution < -0.4 is 29.6 Å². The maximum absolute atomic E-state index is 9.59. The molecule has 13 heavy (non-hydrogen) atoms. The largest absolute Gasteiger partial charge is 1.00 e. The van der Waals surface area contributed by atoms with Crippen molar-refractivity contribution in [1.29, 1.82) is 0 Å². The van der Waals surface area contributed by atoms with E-state index in [9.17, 15) is 5.11 Å². The Bertz CT molecular complexity index is 128. The molecule has 74 valence electrons. The normalized spacial score (nSPS) is 15.4. The summed E-state index contributed by atoms with van der Waals surface area (Å²) in [4.78, 5) is 0. The number of aliphatic hydroxyl groups excluding tert-OH is 1. The van der Waals surface area contributed by atoms with Crippen molar-refractivity contribution in [2.45, 2.75) is 52.6 Å². The molecule has 2 unspecified atom stereocenters. The van der Waals surface area contributed by atoms with Gasteiger partial charge in [-0.1, -0.05) is 45.8 Å². The zero-order valence-electron chi connectivity index (χ0n) is 10.6. The summed E-state index contributed by atoms with van der Waals surface area (Å²) in [7, 11) is 0. The van der Waals surface area contributed by atoms with Crippen LogP contribution in [-0.4, -0.2) is 11.2 Å². The van der Waals surface area contributed by atoms with Crippen molar-refractivity contribution in [3.05, 3.63) is 12.2 Å². The van der Waals surface area contributed by atoms with E-state index in [0.717, 1.165) is 25.7 Å². The van der Waals surface area contributed by atoms with Crippen LogP contribution in [0, 0.1) is 5.92 Å². The first kappa shape index (κ1) is 16.1. The van der Waals surface area contributed by atoms with Gasteiger partial charge < -0.3 is 6.53 Å². The van der Waals surface area contributed by atoms with Crippen LogP contribution in [0.3, 0.4) is 0 Å². The van der Waals surface area contributed by atoms with Gasteiger partial charge in [0, 0.05) is 0 Å². The van der Waals surface area contributed by atoms with Crippen LogP contribution >= 0.6 is 0 Å². The van der Waals surface area contributed by atoms with Gasteiger partial charge in [0.2, 0.25) is 0 Å². The summed E-state index contributed by atoms with van der Waals surface area (Å²) in [5.41, 5.74) is 0. The number of rotatable bonds is 6. The second kappa shape index (κ2) is 10.8. The Morgan fingerprint density at radius 3 is 2.38 bits per heavy atom. The summed E-state index contributed by atoms with van der Waals surface area (Å²) in [5.74, 6) is 0.406. The summed E-state index contributed by atoms with van der Waals surface area (Å²) < 4.78 is 0. The molecule has 0 bridgehead atoms. The van der Waals surface area contributed by atoms with Crippen molar-refractivity contribution >= 4 is 0 Å². The van der Waals surface area contributed by atoms with Crippen LogP contribution in [0.5, 0.6) is 0 Å². The second-order valence-corrected chi connectivity index (χ2v) is 3.47. The van der Waals surface area contributed by atoms with E-state index in [4.69, 9.17) is 0 Å². The van der Waals surface area contributed by atoms with Crippen LogP contribution in [0.15, 0.2) is 12.2 Å². The summed E-state index contributed by atoms with van der Waals surface area (Å²) >= 11 is 0. The summed E-state index contributed by atoms with van der Waals surface area (Å²) in [6.45, 7) is 6.40. The van der Waals surface area contributed by atoms with Crippen molar-refractivity contribution in [3.63, 3.8) is 0 Å². The Morgan fingerprint density at radius 1 is 1.31 bits per heavy atom. The number of hydrogen-bond acceptors (Lipinski definition) is 1. The fraction of sp³-hybridized carbons (Fsp3) is 0.818. The molecule has 0 fully saturated rings. The third-order valence-electron chi connectivity index (χ3n) is 2.12. The molecule has 0 aliphatic rings. The summed E-state index contributed by atoms with van der Waals surface area (Å²) in [6.07, 6.45) is 8.27. The van der Waals surface area contributed by atoms with Gasteiger partial charge in [-0.25, -0.2) is 0 Å². The molecule has 0 aliphatic heterocycles. The molecular formula is C11H23NaO. The quantitative estimate of drug-likeness (QED) is 0.475. The van der Waals surface area contributed by atoms with Gasteiger partial charge in [0.15, 0.2) is 0 Å². The molecule has 0 aromatic heterocycles. The maximum Gasteiger partial charge on any atom is 1.00 e. The standard InChI is InChI=1S/C11H22O.Na.H/c1-4-6-7-9-11(12)10(3)8-5-2;;/h7,9-12H,4-6,8H2,1-3H3;;/q;+1;-1. The van der Waals surface area contributed by atoms with Gasteiger partial charge in [0.05, 0.1) is 6.10 Å². The van der Waals surface area contributed by atoms with Gasteiger partial charge in [-0.2, -0.15) is 0 Å². The molecule has 0 saturated carbocycles. The topological polar surface area (TPSA) is 20.2 Å². The SMILES string of the molecule is CCCC=CC(O)C(C)CCC.[H-].[Na+]. The smallest absolute Gasteiger partial charge is 1.00 e. The molecule has 0 rings (SSSR count). The molecule has 1 N–H and O–H groups in total. The molecule has 0 heterocycles. The predicted molar refractivity (Wildman–Crippen MR) is 55.2 cm³/mol. The Labute approximate surface area is 106 Å². The molecule has 1 nitrogen and oxygen atoms in total. The fourth-order valence-corrected chi connectivity index (χ4v) is 1.22. The maximum atomic E-state index is 9.59. The third-order valence-corrected chi connectivity index (χ3v) is 2.12. The predicted octanol–water partition coefficient (Wildman–Crippen LogP) is 0.256. The van der Waals surface area contributed by atoms with E-state index in [0.29, 0.717) is 5.92 Å². The molecule has 0 spiro atoms. The first-order chi connectivity index (χ1) is 5.72.